The summed E-state index contributed by atoms with van der Waals surface area (Å²) in [6.07, 6.45) is 0.943. The Kier molecular flexibility index (Phi) is 8.46. The van der Waals surface area contributed by atoms with Crippen LogP contribution >= 0.6 is 0 Å². The van der Waals surface area contributed by atoms with Crippen LogP contribution in [-0.4, -0.2) is 39.0 Å². The Bertz CT molecular complexity index is 1240. The summed E-state index contributed by atoms with van der Waals surface area (Å²) in [4.78, 5) is 2.18. The third-order valence-electron chi connectivity index (χ3n) is 5.94. The van der Waals surface area contributed by atoms with Gasteiger partial charge in [-0.1, -0.05) is 37.3 Å². The maximum atomic E-state index is 13.6. The lowest BCUT2D eigenvalue weighted by Gasteiger charge is -2.25. The first-order valence-electron chi connectivity index (χ1n) is 12.1. The topological polar surface area (TPSA) is 50.5 Å². The van der Waals surface area contributed by atoms with Crippen molar-refractivity contribution in [2.24, 2.45) is 0 Å². The second-order valence-corrected chi connectivity index (χ2v) is 8.89. The number of hydrogen-bond donors (Lipinski definition) is 1. The van der Waals surface area contributed by atoms with E-state index in [1.165, 1.54) is 24.3 Å². The number of benzene rings is 3. The molecule has 1 unspecified atom stereocenters. The van der Waals surface area contributed by atoms with E-state index in [0.717, 1.165) is 29.8 Å². The summed E-state index contributed by atoms with van der Waals surface area (Å²) < 4.78 is 34.9. The number of aryl methyl sites for hydroxylation is 1. The zero-order valence-corrected chi connectivity index (χ0v) is 20.6. The number of halogens is 2. The lowest BCUT2D eigenvalue weighted by atomic mass is 10.1. The fourth-order valence-corrected chi connectivity index (χ4v) is 4.22. The third-order valence-corrected chi connectivity index (χ3v) is 5.94. The molecule has 36 heavy (non-hydrogen) atoms. The fourth-order valence-electron chi connectivity index (χ4n) is 4.22. The number of nitrogens with zero attached hydrogens (tertiary/aromatic N) is 3. The standard InChI is InChI=1S/C29H31F2N3O2/c1-3-17-33(19-26(35)18-22-7-5-4-6-8-22)20-28-21(2)32-34(25-13-9-23(30)10-14-25)29(28)36-27-15-11-24(31)12-16-27/h4-16,26,35H,3,17-20H2,1-2H3. The molecule has 0 spiro atoms. The number of aliphatic hydroxyl groups is 1. The van der Waals surface area contributed by atoms with E-state index < -0.39 is 6.10 Å². The number of hydrogen-bond acceptors (Lipinski definition) is 4. The van der Waals surface area contributed by atoms with Crippen LogP contribution in [-0.2, 0) is 13.0 Å². The minimum atomic E-state index is -0.534. The van der Waals surface area contributed by atoms with Crippen molar-refractivity contribution in [2.75, 3.05) is 13.1 Å². The van der Waals surface area contributed by atoms with Crippen molar-refractivity contribution < 1.29 is 18.6 Å². The summed E-state index contributed by atoms with van der Waals surface area (Å²) in [6.45, 7) is 5.77. The molecule has 0 amide bonds. The van der Waals surface area contributed by atoms with Crippen LogP contribution < -0.4 is 4.74 Å². The van der Waals surface area contributed by atoms with Crippen molar-refractivity contribution in [1.82, 2.24) is 14.7 Å². The molecule has 0 saturated heterocycles. The van der Waals surface area contributed by atoms with Gasteiger partial charge in [0, 0.05) is 13.1 Å². The van der Waals surface area contributed by atoms with Crippen LogP contribution in [0.15, 0.2) is 78.9 Å². The quantitative estimate of drug-likeness (QED) is 0.277. The van der Waals surface area contributed by atoms with Crippen LogP contribution in [0, 0.1) is 18.6 Å². The second-order valence-electron chi connectivity index (χ2n) is 8.89. The molecule has 5 nitrogen and oxygen atoms in total. The van der Waals surface area contributed by atoms with Gasteiger partial charge in [0.05, 0.1) is 23.0 Å². The molecule has 1 atom stereocenters. The fraction of sp³-hybridized carbons (Fsp3) is 0.276. The minimum Gasteiger partial charge on any atom is -0.439 e. The van der Waals surface area contributed by atoms with Gasteiger partial charge in [0.25, 0.3) is 0 Å². The van der Waals surface area contributed by atoms with Gasteiger partial charge in [-0.25, -0.2) is 13.5 Å². The van der Waals surface area contributed by atoms with Crippen LogP contribution in [0.25, 0.3) is 5.69 Å². The first-order chi connectivity index (χ1) is 17.4. The zero-order valence-electron chi connectivity index (χ0n) is 20.6. The molecule has 4 aromatic rings. The van der Waals surface area contributed by atoms with Gasteiger partial charge in [-0.05, 0) is 80.4 Å². The van der Waals surface area contributed by atoms with Gasteiger partial charge in [-0.2, -0.15) is 5.10 Å². The van der Waals surface area contributed by atoms with E-state index >= 15 is 0 Å². The highest BCUT2D eigenvalue weighted by molar-refractivity contribution is 5.43. The maximum Gasteiger partial charge on any atom is 0.227 e. The van der Waals surface area contributed by atoms with Crippen LogP contribution in [0.3, 0.4) is 0 Å². The molecular weight excluding hydrogens is 460 g/mol. The van der Waals surface area contributed by atoms with E-state index in [0.29, 0.717) is 36.8 Å². The molecule has 0 saturated carbocycles. The average Bonchev–Trinajstić information content (AvgIpc) is 3.16. The van der Waals surface area contributed by atoms with Gasteiger partial charge in [-0.3, -0.25) is 4.90 Å². The van der Waals surface area contributed by atoms with Crippen molar-refractivity contribution in [1.29, 1.82) is 0 Å². The molecule has 4 rings (SSSR count). The predicted molar refractivity (Wildman–Crippen MR) is 136 cm³/mol. The Labute approximate surface area is 210 Å². The summed E-state index contributed by atoms with van der Waals surface area (Å²) >= 11 is 0. The lowest BCUT2D eigenvalue weighted by Crippen LogP contribution is -2.34. The van der Waals surface area contributed by atoms with Gasteiger partial charge in [0.1, 0.15) is 17.4 Å². The van der Waals surface area contributed by atoms with Gasteiger partial charge >= 0.3 is 0 Å². The molecule has 0 fully saturated rings. The summed E-state index contributed by atoms with van der Waals surface area (Å²) in [5.41, 5.74) is 3.34. The zero-order chi connectivity index (χ0) is 25.5. The van der Waals surface area contributed by atoms with E-state index in [1.807, 2.05) is 37.3 Å². The van der Waals surface area contributed by atoms with Gasteiger partial charge < -0.3 is 9.84 Å². The molecule has 0 aliphatic carbocycles. The second kappa shape index (κ2) is 11.9. The molecule has 0 aliphatic rings. The number of aromatic nitrogens is 2. The Balaban J connectivity index is 1.63. The van der Waals surface area contributed by atoms with E-state index in [-0.39, 0.29) is 11.6 Å². The number of aliphatic hydroxyl groups excluding tert-OH is 1. The van der Waals surface area contributed by atoms with Gasteiger partial charge in [0.2, 0.25) is 5.88 Å². The van der Waals surface area contributed by atoms with Crippen molar-refractivity contribution >= 4 is 0 Å². The third kappa shape index (κ3) is 6.56. The van der Waals surface area contributed by atoms with E-state index in [1.54, 1.807) is 28.9 Å². The normalized spacial score (nSPS) is 12.2. The molecule has 1 N–H and O–H groups in total. The molecule has 1 aromatic heterocycles. The molecule has 0 bridgehead atoms. The summed E-state index contributed by atoms with van der Waals surface area (Å²) in [5, 5.41) is 15.5. The van der Waals surface area contributed by atoms with Crippen molar-refractivity contribution in [3.8, 4) is 17.3 Å². The molecule has 3 aromatic carbocycles. The van der Waals surface area contributed by atoms with E-state index in [4.69, 9.17) is 9.84 Å². The van der Waals surface area contributed by atoms with Crippen molar-refractivity contribution in [3.63, 3.8) is 0 Å². The Morgan fingerprint density at radius 2 is 1.58 bits per heavy atom. The highest BCUT2D eigenvalue weighted by atomic mass is 19.1. The minimum absolute atomic E-state index is 0.342. The van der Waals surface area contributed by atoms with Crippen LogP contribution in [0.2, 0.25) is 0 Å². The van der Waals surface area contributed by atoms with Crippen molar-refractivity contribution in [3.05, 3.63) is 107 Å². The highest BCUT2D eigenvalue weighted by Crippen LogP contribution is 2.32. The Morgan fingerprint density at radius 3 is 2.22 bits per heavy atom. The summed E-state index contributed by atoms with van der Waals surface area (Å²) in [7, 11) is 0. The molecule has 7 heteroatoms. The van der Waals surface area contributed by atoms with E-state index in [9.17, 15) is 13.9 Å². The summed E-state index contributed by atoms with van der Waals surface area (Å²) in [5.74, 6) is 0.245. The van der Waals surface area contributed by atoms with Crippen LogP contribution in [0.4, 0.5) is 8.78 Å². The number of rotatable bonds is 11. The molecule has 0 radical (unpaired) electrons. The smallest absolute Gasteiger partial charge is 0.227 e. The van der Waals surface area contributed by atoms with Crippen LogP contribution in [0.1, 0.15) is 30.2 Å². The predicted octanol–water partition coefficient (Wildman–Crippen LogP) is 6.07. The highest BCUT2D eigenvalue weighted by Gasteiger charge is 2.22. The summed E-state index contributed by atoms with van der Waals surface area (Å²) in [6, 6.07) is 21.7. The SMILES string of the molecule is CCCN(Cc1c(C)nn(-c2ccc(F)cc2)c1Oc1ccc(F)cc1)CC(O)Cc1ccccc1. The van der Waals surface area contributed by atoms with Crippen molar-refractivity contribution in [2.45, 2.75) is 39.3 Å². The molecule has 0 aliphatic heterocycles. The first kappa shape index (κ1) is 25.5. The van der Waals surface area contributed by atoms with Crippen LogP contribution in [0.5, 0.6) is 11.6 Å². The largest absolute Gasteiger partial charge is 0.439 e. The monoisotopic (exact) mass is 491 g/mol. The number of ether oxygens (including phenoxy) is 1. The molecular formula is C29H31F2N3O2. The first-order valence-corrected chi connectivity index (χ1v) is 12.1. The Hall–Kier alpha value is -3.55. The Morgan fingerprint density at radius 1 is 0.944 bits per heavy atom. The van der Waals surface area contributed by atoms with Gasteiger partial charge in [-0.15, -0.1) is 0 Å². The molecule has 1 heterocycles. The van der Waals surface area contributed by atoms with E-state index in [2.05, 4.69) is 11.8 Å². The molecule has 188 valence electrons. The van der Waals surface area contributed by atoms with Gasteiger partial charge in [0.15, 0.2) is 0 Å². The lowest BCUT2D eigenvalue weighted by molar-refractivity contribution is 0.108. The average molecular weight is 492 g/mol. The maximum absolute atomic E-state index is 13.6.